The Bertz CT molecular complexity index is 3460. The monoisotopic (exact) mass is 784 g/mol. The number of nitrogens with zero attached hydrogens (tertiary/aromatic N) is 2. The van der Waals surface area contributed by atoms with Crippen LogP contribution in [0.25, 0.3) is 81.0 Å². The van der Waals surface area contributed by atoms with Crippen LogP contribution in [0.2, 0.25) is 0 Å². The maximum absolute atomic E-state index is 2.44. The Balaban J connectivity index is 0.992. The molecule has 0 bridgehead atoms. The molecular weight excluding hydrogens is 745 g/mol. The Hall–Kier alpha value is -7.20. The highest BCUT2D eigenvalue weighted by molar-refractivity contribution is 7.26. The van der Waals surface area contributed by atoms with Crippen molar-refractivity contribution in [1.29, 1.82) is 0 Å². The second-order valence-electron chi connectivity index (χ2n) is 16.5. The lowest BCUT2D eigenvalue weighted by Crippen LogP contribution is -2.16. The zero-order valence-electron chi connectivity index (χ0n) is 33.4. The number of aromatic nitrogens is 1. The predicted molar refractivity (Wildman–Crippen MR) is 257 cm³/mol. The van der Waals surface area contributed by atoms with E-state index in [0.29, 0.717) is 0 Å². The molecule has 1 aliphatic carbocycles. The first-order valence-corrected chi connectivity index (χ1v) is 21.6. The van der Waals surface area contributed by atoms with Crippen LogP contribution in [-0.4, -0.2) is 4.57 Å². The highest BCUT2D eigenvalue weighted by atomic mass is 32.1. The summed E-state index contributed by atoms with van der Waals surface area (Å²) in [5.74, 6) is 0. The largest absolute Gasteiger partial charge is 0.310 e. The molecule has 3 heteroatoms. The molecule has 284 valence electrons. The Kier molecular flexibility index (Phi) is 7.79. The van der Waals surface area contributed by atoms with Crippen molar-refractivity contribution in [2.75, 3.05) is 4.90 Å². The summed E-state index contributed by atoms with van der Waals surface area (Å²) in [5, 5.41) is 5.15. The van der Waals surface area contributed by atoms with Gasteiger partial charge in [0, 0.05) is 59.1 Å². The molecule has 0 atom stereocenters. The maximum atomic E-state index is 2.44. The van der Waals surface area contributed by atoms with Gasteiger partial charge in [0.25, 0.3) is 0 Å². The van der Waals surface area contributed by atoms with Gasteiger partial charge >= 0.3 is 0 Å². The number of rotatable bonds is 6. The van der Waals surface area contributed by atoms with Gasteiger partial charge in [-0.1, -0.05) is 147 Å². The lowest BCUT2D eigenvalue weighted by Gasteiger charge is -2.28. The summed E-state index contributed by atoms with van der Waals surface area (Å²) in [5.41, 5.74) is 17.1. The summed E-state index contributed by atoms with van der Waals surface area (Å²) in [6, 6.07) is 76.1. The molecule has 0 unspecified atom stereocenters. The molecule has 9 aromatic carbocycles. The summed E-state index contributed by atoms with van der Waals surface area (Å²) >= 11 is 1.88. The van der Waals surface area contributed by atoms with E-state index in [1.807, 2.05) is 11.3 Å². The van der Waals surface area contributed by atoms with E-state index in [1.54, 1.807) is 0 Å². The van der Waals surface area contributed by atoms with E-state index in [0.717, 1.165) is 17.1 Å². The molecule has 0 spiro atoms. The van der Waals surface area contributed by atoms with Crippen molar-refractivity contribution in [3.8, 4) is 39.1 Å². The fourth-order valence-electron chi connectivity index (χ4n) is 9.88. The van der Waals surface area contributed by atoms with Crippen LogP contribution in [0, 0.1) is 0 Å². The summed E-state index contributed by atoms with van der Waals surface area (Å²) in [6.07, 6.45) is 0. The standard InChI is InChI=1S/C57H40N2S/c1-57(2)51-23-9-6-18-45(51)46-32-31-43(36-52(46)57)58(42-17-12-14-39(34-42)44-21-13-22-49-48-20-8-11-25-55(48)60-56(44)49)41-29-26-37(27-30-41)38-28-33-54-50(35-38)47-19-7-10-24-53(47)59(54)40-15-4-3-5-16-40/h3-36H,1-2H3. The molecule has 60 heavy (non-hydrogen) atoms. The number of para-hydroxylation sites is 2. The van der Waals surface area contributed by atoms with Crippen LogP contribution < -0.4 is 4.90 Å². The topological polar surface area (TPSA) is 8.17 Å². The molecular formula is C57H40N2S. The van der Waals surface area contributed by atoms with Gasteiger partial charge in [0.2, 0.25) is 0 Å². The van der Waals surface area contributed by atoms with E-state index in [4.69, 9.17) is 0 Å². The van der Waals surface area contributed by atoms with Crippen molar-refractivity contribution in [2.24, 2.45) is 0 Å². The van der Waals surface area contributed by atoms with Gasteiger partial charge in [0.05, 0.1) is 11.0 Å². The van der Waals surface area contributed by atoms with Crippen molar-refractivity contribution in [3.63, 3.8) is 0 Å². The van der Waals surface area contributed by atoms with Gasteiger partial charge in [0.1, 0.15) is 0 Å². The van der Waals surface area contributed by atoms with Gasteiger partial charge < -0.3 is 9.47 Å². The van der Waals surface area contributed by atoms with Crippen LogP contribution in [0.1, 0.15) is 25.0 Å². The zero-order chi connectivity index (χ0) is 40.0. The van der Waals surface area contributed by atoms with E-state index in [2.05, 4.69) is 230 Å². The van der Waals surface area contributed by atoms with E-state index < -0.39 is 0 Å². The van der Waals surface area contributed by atoms with Crippen LogP contribution in [0.5, 0.6) is 0 Å². The average Bonchev–Trinajstić information content (AvgIpc) is 3.92. The molecule has 2 aromatic heterocycles. The number of fused-ring (bicyclic) bond motifs is 9. The van der Waals surface area contributed by atoms with Gasteiger partial charge in [-0.25, -0.2) is 0 Å². The Morgan fingerprint density at radius 3 is 1.93 bits per heavy atom. The second kappa shape index (κ2) is 13.4. The first-order chi connectivity index (χ1) is 29.5. The van der Waals surface area contributed by atoms with Gasteiger partial charge in [0.15, 0.2) is 0 Å². The number of benzene rings is 9. The molecule has 0 saturated carbocycles. The van der Waals surface area contributed by atoms with Crippen molar-refractivity contribution in [1.82, 2.24) is 4.57 Å². The first-order valence-electron chi connectivity index (χ1n) is 20.8. The summed E-state index contributed by atoms with van der Waals surface area (Å²) in [7, 11) is 0. The maximum Gasteiger partial charge on any atom is 0.0541 e. The number of anilines is 3. The first kappa shape index (κ1) is 34.8. The summed E-state index contributed by atoms with van der Waals surface area (Å²) in [6.45, 7) is 4.72. The van der Waals surface area contributed by atoms with Gasteiger partial charge in [-0.3, -0.25) is 0 Å². The van der Waals surface area contributed by atoms with Crippen LogP contribution >= 0.6 is 11.3 Å². The fraction of sp³-hybridized carbons (Fsp3) is 0.0526. The van der Waals surface area contributed by atoms with Crippen molar-refractivity contribution < 1.29 is 0 Å². The molecule has 11 aromatic rings. The molecule has 0 fully saturated rings. The van der Waals surface area contributed by atoms with Crippen LogP contribution in [0.15, 0.2) is 206 Å². The molecule has 2 heterocycles. The molecule has 1 aliphatic rings. The second-order valence-corrected chi connectivity index (χ2v) is 17.6. The smallest absolute Gasteiger partial charge is 0.0541 e. The molecule has 0 radical (unpaired) electrons. The quantitative estimate of drug-likeness (QED) is 0.163. The van der Waals surface area contributed by atoms with Crippen LogP contribution in [-0.2, 0) is 5.41 Å². The Morgan fingerprint density at radius 1 is 0.400 bits per heavy atom. The van der Waals surface area contributed by atoms with E-state index >= 15 is 0 Å². The predicted octanol–water partition coefficient (Wildman–Crippen LogP) is 16.3. The normalized spacial score (nSPS) is 13.0. The zero-order valence-corrected chi connectivity index (χ0v) is 34.2. The van der Waals surface area contributed by atoms with Gasteiger partial charge in [-0.15, -0.1) is 11.3 Å². The number of hydrogen-bond donors (Lipinski definition) is 0. The summed E-state index contributed by atoms with van der Waals surface area (Å²) in [4.78, 5) is 2.44. The highest BCUT2D eigenvalue weighted by Gasteiger charge is 2.35. The van der Waals surface area contributed by atoms with Crippen LogP contribution in [0.4, 0.5) is 17.1 Å². The number of thiophene rings is 1. The van der Waals surface area contributed by atoms with E-state index in [-0.39, 0.29) is 5.41 Å². The molecule has 0 aliphatic heterocycles. The molecule has 0 amide bonds. The summed E-state index contributed by atoms with van der Waals surface area (Å²) < 4.78 is 5.02. The highest BCUT2D eigenvalue weighted by Crippen LogP contribution is 2.51. The Labute approximate surface area is 353 Å². The van der Waals surface area contributed by atoms with Crippen molar-refractivity contribution in [3.05, 3.63) is 217 Å². The SMILES string of the molecule is CC1(C)c2ccccc2-c2ccc(N(c3ccc(-c4ccc5c(c4)c4ccccc4n5-c4ccccc4)cc3)c3cccc(-c4cccc5c4sc4ccccc45)c3)cc21. The molecule has 12 rings (SSSR count). The van der Waals surface area contributed by atoms with Gasteiger partial charge in [-0.2, -0.15) is 0 Å². The third-order valence-electron chi connectivity index (χ3n) is 12.8. The third kappa shape index (κ3) is 5.33. The third-order valence-corrected chi connectivity index (χ3v) is 14.0. The fourth-order valence-corrected chi connectivity index (χ4v) is 11.1. The molecule has 0 saturated heterocycles. The van der Waals surface area contributed by atoms with Crippen molar-refractivity contribution >= 4 is 70.4 Å². The van der Waals surface area contributed by atoms with Crippen LogP contribution in [0.3, 0.4) is 0 Å². The van der Waals surface area contributed by atoms with Gasteiger partial charge in [-0.05, 0) is 117 Å². The molecule has 0 N–H and O–H groups in total. The lowest BCUT2D eigenvalue weighted by atomic mass is 9.82. The average molecular weight is 785 g/mol. The van der Waals surface area contributed by atoms with E-state index in [9.17, 15) is 0 Å². The van der Waals surface area contributed by atoms with E-state index in [1.165, 1.54) is 92.2 Å². The lowest BCUT2D eigenvalue weighted by molar-refractivity contribution is 0.660. The number of hydrogen-bond acceptors (Lipinski definition) is 2. The minimum absolute atomic E-state index is 0.113. The Morgan fingerprint density at radius 2 is 1.05 bits per heavy atom. The molecule has 2 nitrogen and oxygen atoms in total. The van der Waals surface area contributed by atoms with Crippen molar-refractivity contribution in [2.45, 2.75) is 19.3 Å². The minimum atomic E-state index is -0.113. The minimum Gasteiger partial charge on any atom is -0.310 e.